The normalized spacial score (nSPS) is 10.5. The highest BCUT2D eigenvalue weighted by Gasteiger charge is 2.17. The van der Waals surface area contributed by atoms with E-state index in [1.165, 1.54) is 0 Å². The van der Waals surface area contributed by atoms with Gasteiger partial charge in [0.25, 0.3) is 5.91 Å². The maximum absolute atomic E-state index is 12.7. The highest BCUT2D eigenvalue weighted by Crippen LogP contribution is 2.17. The van der Waals surface area contributed by atoms with Gasteiger partial charge in [0.1, 0.15) is 0 Å². The summed E-state index contributed by atoms with van der Waals surface area (Å²) in [7, 11) is 0. The minimum absolute atomic E-state index is 0.0761. The molecule has 1 amide bonds. The van der Waals surface area contributed by atoms with E-state index in [0.717, 1.165) is 31.6 Å². The summed E-state index contributed by atoms with van der Waals surface area (Å²) in [6.07, 6.45) is 5.35. The fourth-order valence-corrected chi connectivity index (χ4v) is 2.65. The fraction of sp³-hybridized carbons (Fsp3) is 0.421. The lowest BCUT2D eigenvalue weighted by molar-refractivity contribution is 0.0987. The van der Waals surface area contributed by atoms with Gasteiger partial charge in [-0.2, -0.15) is 0 Å². The number of para-hydroxylation sites is 1. The molecule has 0 radical (unpaired) electrons. The summed E-state index contributed by atoms with van der Waals surface area (Å²) in [5.74, 6) is 0.616. The lowest BCUT2D eigenvalue weighted by Gasteiger charge is -2.23. The molecule has 1 aromatic carbocycles. The van der Waals surface area contributed by atoms with Crippen LogP contribution in [0.15, 0.2) is 42.7 Å². The summed E-state index contributed by atoms with van der Waals surface area (Å²) in [5, 5.41) is 0. The molecule has 128 valence electrons. The van der Waals surface area contributed by atoms with Crippen LogP contribution in [0.25, 0.3) is 0 Å². The van der Waals surface area contributed by atoms with Crippen LogP contribution in [0, 0.1) is 0 Å². The Morgan fingerprint density at radius 2 is 1.54 bits per heavy atom. The molecule has 0 saturated carbocycles. The van der Waals surface area contributed by atoms with Crippen LogP contribution in [-0.2, 0) is 0 Å². The van der Waals surface area contributed by atoms with Gasteiger partial charge in [0, 0.05) is 37.7 Å². The molecule has 1 heterocycles. The van der Waals surface area contributed by atoms with Gasteiger partial charge in [-0.05, 0) is 31.9 Å². The molecule has 0 aliphatic rings. The first-order valence-electron chi connectivity index (χ1n) is 8.65. The molecular weight excluding hydrogens is 300 g/mol. The SMILES string of the molecule is CCCN(CCC)c1ncc(C(=O)N(CC)c2ccccc2)cn1. The van der Waals surface area contributed by atoms with Crippen LogP contribution in [0.4, 0.5) is 11.6 Å². The van der Waals surface area contributed by atoms with E-state index in [-0.39, 0.29) is 5.91 Å². The maximum Gasteiger partial charge on any atom is 0.261 e. The number of amides is 1. The monoisotopic (exact) mass is 326 g/mol. The predicted octanol–water partition coefficient (Wildman–Crippen LogP) is 3.77. The molecule has 2 rings (SSSR count). The van der Waals surface area contributed by atoms with Crippen molar-refractivity contribution in [3.05, 3.63) is 48.3 Å². The fourth-order valence-electron chi connectivity index (χ4n) is 2.65. The number of aromatic nitrogens is 2. The molecule has 0 aliphatic carbocycles. The van der Waals surface area contributed by atoms with Crippen molar-refractivity contribution in [1.29, 1.82) is 0 Å². The largest absolute Gasteiger partial charge is 0.341 e. The molecule has 1 aromatic heterocycles. The number of nitrogens with zero attached hydrogens (tertiary/aromatic N) is 4. The van der Waals surface area contributed by atoms with E-state index >= 15 is 0 Å². The molecule has 0 spiro atoms. The highest BCUT2D eigenvalue weighted by molar-refractivity contribution is 6.05. The van der Waals surface area contributed by atoms with E-state index in [2.05, 4.69) is 28.7 Å². The van der Waals surface area contributed by atoms with Crippen molar-refractivity contribution in [3.63, 3.8) is 0 Å². The van der Waals surface area contributed by atoms with Crippen molar-refractivity contribution in [2.75, 3.05) is 29.4 Å². The molecule has 24 heavy (non-hydrogen) atoms. The number of benzene rings is 1. The van der Waals surface area contributed by atoms with Gasteiger partial charge in [-0.1, -0.05) is 32.0 Å². The van der Waals surface area contributed by atoms with E-state index in [1.807, 2.05) is 37.3 Å². The van der Waals surface area contributed by atoms with Crippen molar-refractivity contribution in [1.82, 2.24) is 9.97 Å². The molecule has 0 atom stereocenters. The molecule has 0 N–H and O–H groups in total. The smallest absolute Gasteiger partial charge is 0.261 e. The van der Waals surface area contributed by atoms with Crippen LogP contribution in [-0.4, -0.2) is 35.5 Å². The Labute approximate surface area is 144 Å². The zero-order valence-electron chi connectivity index (χ0n) is 14.8. The second-order valence-electron chi connectivity index (χ2n) is 5.64. The second-order valence-corrected chi connectivity index (χ2v) is 5.64. The van der Waals surface area contributed by atoms with E-state index in [1.54, 1.807) is 17.3 Å². The number of anilines is 2. The first-order valence-corrected chi connectivity index (χ1v) is 8.65. The Balaban J connectivity index is 2.18. The second kappa shape index (κ2) is 9.01. The van der Waals surface area contributed by atoms with Crippen molar-refractivity contribution < 1.29 is 4.79 Å². The minimum Gasteiger partial charge on any atom is -0.341 e. The Bertz CT molecular complexity index is 622. The maximum atomic E-state index is 12.7. The Kier molecular flexibility index (Phi) is 6.73. The Morgan fingerprint density at radius 3 is 2.04 bits per heavy atom. The average Bonchev–Trinajstić information content (AvgIpc) is 2.63. The Hall–Kier alpha value is -2.43. The Morgan fingerprint density at radius 1 is 0.958 bits per heavy atom. The lowest BCUT2D eigenvalue weighted by atomic mass is 10.2. The van der Waals surface area contributed by atoms with Crippen LogP contribution in [0.3, 0.4) is 0 Å². The minimum atomic E-state index is -0.0761. The standard InChI is InChI=1S/C19H26N4O/c1-4-12-22(13-5-2)19-20-14-16(15-21-19)18(24)23(6-3)17-10-8-7-9-11-17/h7-11,14-15H,4-6,12-13H2,1-3H3. The van der Waals surface area contributed by atoms with Crippen molar-refractivity contribution in [2.45, 2.75) is 33.6 Å². The molecule has 0 saturated heterocycles. The quantitative estimate of drug-likeness (QED) is 0.741. The molecule has 5 heteroatoms. The third-order valence-electron chi connectivity index (χ3n) is 3.78. The van der Waals surface area contributed by atoms with E-state index in [0.29, 0.717) is 18.1 Å². The van der Waals surface area contributed by atoms with Gasteiger partial charge in [0.2, 0.25) is 5.95 Å². The van der Waals surface area contributed by atoms with Crippen molar-refractivity contribution >= 4 is 17.5 Å². The molecule has 0 unspecified atom stereocenters. The van der Waals surface area contributed by atoms with Crippen LogP contribution in [0.2, 0.25) is 0 Å². The van der Waals surface area contributed by atoms with Gasteiger partial charge in [-0.3, -0.25) is 4.79 Å². The van der Waals surface area contributed by atoms with Crippen molar-refractivity contribution in [2.24, 2.45) is 0 Å². The first kappa shape index (κ1) is 17.9. The van der Waals surface area contributed by atoms with Crippen LogP contribution in [0.1, 0.15) is 44.0 Å². The lowest BCUT2D eigenvalue weighted by Crippen LogP contribution is -2.31. The zero-order valence-corrected chi connectivity index (χ0v) is 14.8. The third-order valence-corrected chi connectivity index (χ3v) is 3.78. The topological polar surface area (TPSA) is 49.3 Å². The molecular formula is C19H26N4O. The van der Waals surface area contributed by atoms with Gasteiger partial charge in [-0.15, -0.1) is 0 Å². The molecule has 0 aliphatic heterocycles. The van der Waals surface area contributed by atoms with Crippen molar-refractivity contribution in [3.8, 4) is 0 Å². The summed E-state index contributed by atoms with van der Waals surface area (Å²) in [6, 6.07) is 9.66. The van der Waals surface area contributed by atoms with Gasteiger partial charge >= 0.3 is 0 Å². The number of carbonyl (C=O) groups is 1. The predicted molar refractivity (Wildman–Crippen MR) is 98.6 cm³/mol. The summed E-state index contributed by atoms with van der Waals surface area (Å²) in [4.78, 5) is 25.5. The van der Waals surface area contributed by atoms with E-state index in [4.69, 9.17) is 0 Å². The van der Waals surface area contributed by atoms with Gasteiger partial charge in [0.15, 0.2) is 0 Å². The van der Waals surface area contributed by atoms with Crippen LogP contribution in [0.5, 0.6) is 0 Å². The van der Waals surface area contributed by atoms with Crippen LogP contribution >= 0.6 is 0 Å². The number of rotatable bonds is 8. The van der Waals surface area contributed by atoms with Gasteiger partial charge < -0.3 is 9.80 Å². The first-order chi connectivity index (χ1) is 11.7. The molecule has 2 aromatic rings. The number of carbonyl (C=O) groups excluding carboxylic acids is 1. The zero-order chi connectivity index (χ0) is 17.4. The van der Waals surface area contributed by atoms with Crippen LogP contribution < -0.4 is 9.80 Å². The summed E-state index contributed by atoms with van der Waals surface area (Å²) in [6.45, 7) is 8.68. The highest BCUT2D eigenvalue weighted by atomic mass is 16.2. The summed E-state index contributed by atoms with van der Waals surface area (Å²) < 4.78 is 0. The molecule has 5 nitrogen and oxygen atoms in total. The van der Waals surface area contributed by atoms with E-state index < -0.39 is 0 Å². The summed E-state index contributed by atoms with van der Waals surface area (Å²) >= 11 is 0. The van der Waals surface area contributed by atoms with E-state index in [9.17, 15) is 4.79 Å². The molecule has 0 bridgehead atoms. The summed E-state index contributed by atoms with van der Waals surface area (Å²) in [5.41, 5.74) is 1.39. The number of hydrogen-bond donors (Lipinski definition) is 0. The third kappa shape index (κ3) is 4.31. The van der Waals surface area contributed by atoms with Gasteiger partial charge in [0.05, 0.1) is 5.56 Å². The number of hydrogen-bond acceptors (Lipinski definition) is 4. The average molecular weight is 326 g/mol. The molecule has 0 fully saturated rings. The van der Waals surface area contributed by atoms with Gasteiger partial charge in [-0.25, -0.2) is 9.97 Å².